The lowest BCUT2D eigenvalue weighted by molar-refractivity contribution is -0.160. The van der Waals surface area contributed by atoms with Gasteiger partial charge in [0.05, 0.1) is 32.8 Å². The lowest BCUT2D eigenvalue weighted by Crippen LogP contribution is -2.40. The first kappa shape index (κ1) is 60.3. The molecule has 1 aliphatic rings. The SMILES string of the molecule is C=C(C)C(=O)OCCCc1cc(-c2ccc(-c3ccc(C4CCC(CCCCC)CC4)cc3)c(CC)c2)c(CC)c(CCCOC(=O)C(=C)C)c1OCC(CC)(COC(=O)CC(=O)OC)COC(=O)CC(=O)OC. The molecule has 0 aromatic heterocycles. The Kier molecular flexibility index (Phi) is 25.1. The van der Waals surface area contributed by atoms with E-state index in [1.165, 1.54) is 73.6 Å². The number of carbonyl (C=O) groups excluding carboxylic acids is 6. The number of aryl methyl sites for hydroxylation is 2. The van der Waals surface area contributed by atoms with E-state index in [0.29, 0.717) is 43.8 Å². The minimum Gasteiger partial charge on any atom is -0.492 e. The molecule has 13 heteroatoms. The van der Waals surface area contributed by atoms with E-state index >= 15 is 0 Å². The first-order valence-electron chi connectivity index (χ1n) is 26.7. The van der Waals surface area contributed by atoms with E-state index in [2.05, 4.69) is 91.9 Å². The van der Waals surface area contributed by atoms with E-state index < -0.39 is 54.1 Å². The van der Waals surface area contributed by atoms with Crippen molar-refractivity contribution < 1.29 is 61.9 Å². The zero-order valence-corrected chi connectivity index (χ0v) is 45.6. The maximum atomic E-state index is 12.9. The molecule has 0 spiro atoms. The maximum Gasteiger partial charge on any atom is 0.333 e. The highest BCUT2D eigenvalue weighted by atomic mass is 16.6. The smallest absolute Gasteiger partial charge is 0.333 e. The number of unbranched alkanes of at least 4 members (excludes halogenated alkanes) is 2. The molecular formula is C61H82O13. The van der Waals surface area contributed by atoms with E-state index in [4.69, 9.17) is 23.7 Å². The Morgan fingerprint density at radius 1 is 0.581 bits per heavy atom. The lowest BCUT2D eigenvalue weighted by Gasteiger charge is -2.33. The van der Waals surface area contributed by atoms with Crippen molar-refractivity contribution in [1.82, 2.24) is 0 Å². The molecule has 0 atom stereocenters. The van der Waals surface area contributed by atoms with Crippen LogP contribution in [-0.2, 0) is 82.9 Å². The van der Waals surface area contributed by atoms with Gasteiger partial charge in [0.1, 0.15) is 38.4 Å². The van der Waals surface area contributed by atoms with Crippen LogP contribution >= 0.6 is 0 Å². The van der Waals surface area contributed by atoms with Crippen LogP contribution in [0.3, 0.4) is 0 Å². The predicted molar refractivity (Wildman–Crippen MR) is 287 cm³/mol. The fraction of sp³-hybridized carbons (Fsp3) is 0.541. The van der Waals surface area contributed by atoms with Gasteiger partial charge in [-0.15, -0.1) is 0 Å². The van der Waals surface area contributed by atoms with Gasteiger partial charge >= 0.3 is 35.8 Å². The van der Waals surface area contributed by atoms with Gasteiger partial charge in [0.25, 0.3) is 0 Å². The number of benzene rings is 3. The second kappa shape index (κ2) is 30.8. The Morgan fingerprint density at radius 2 is 1.15 bits per heavy atom. The zero-order chi connectivity index (χ0) is 54.2. The molecule has 74 heavy (non-hydrogen) atoms. The fourth-order valence-corrected chi connectivity index (χ4v) is 9.54. The summed E-state index contributed by atoms with van der Waals surface area (Å²) in [5.41, 5.74) is 9.08. The van der Waals surface area contributed by atoms with Crippen molar-refractivity contribution in [2.24, 2.45) is 11.3 Å². The van der Waals surface area contributed by atoms with E-state index in [-0.39, 0.29) is 50.6 Å². The lowest BCUT2D eigenvalue weighted by atomic mass is 9.77. The van der Waals surface area contributed by atoms with Crippen LogP contribution in [0.25, 0.3) is 22.3 Å². The van der Waals surface area contributed by atoms with Crippen molar-refractivity contribution in [1.29, 1.82) is 0 Å². The Bertz CT molecular complexity index is 2350. The molecule has 4 rings (SSSR count). The number of hydrogen-bond acceptors (Lipinski definition) is 13. The zero-order valence-electron chi connectivity index (χ0n) is 45.6. The van der Waals surface area contributed by atoms with Crippen molar-refractivity contribution in [3.8, 4) is 28.0 Å². The van der Waals surface area contributed by atoms with Crippen LogP contribution in [0.15, 0.2) is 72.8 Å². The molecule has 1 aliphatic carbocycles. The molecule has 3 aromatic rings. The van der Waals surface area contributed by atoms with Crippen molar-refractivity contribution in [2.45, 2.75) is 157 Å². The third-order valence-electron chi connectivity index (χ3n) is 14.2. The third-order valence-corrected chi connectivity index (χ3v) is 14.2. The van der Waals surface area contributed by atoms with Gasteiger partial charge in [-0.2, -0.15) is 0 Å². The van der Waals surface area contributed by atoms with Crippen LogP contribution < -0.4 is 4.74 Å². The first-order chi connectivity index (χ1) is 35.5. The highest BCUT2D eigenvalue weighted by Crippen LogP contribution is 2.42. The van der Waals surface area contributed by atoms with Gasteiger partial charge < -0.3 is 33.2 Å². The highest BCUT2D eigenvalue weighted by molar-refractivity contribution is 5.92. The molecule has 0 saturated heterocycles. The Hall–Kier alpha value is -6.24. The minimum atomic E-state index is -1.16. The fourth-order valence-electron chi connectivity index (χ4n) is 9.54. The molecule has 0 radical (unpaired) electrons. The number of esters is 6. The molecule has 0 heterocycles. The molecule has 13 nitrogen and oxygen atoms in total. The van der Waals surface area contributed by atoms with Gasteiger partial charge in [-0.25, -0.2) is 9.59 Å². The summed E-state index contributed by atoms with van der Waals surface area (Å²) >= 11 is 0. The van der Waals surface area contributed by atoms with Crippen molar-refractivity contribution >= 4 is 35.8 Å². The summed E-state index contributed by atoms with van der Waals surface area (Å²) in [6.45, 7) is 18.5. The van der Waals surface area contributed by atoms with Crippen molar-refractivity contribution in [3.63, 3.8) is 0 Å². The van der Waals surface area contributed by atoms with Crippen LogP contribution in [0, 0.1) is 11.3 Å². The molecule has 0 amide bonds. The molecular weight excluding hydrogens is 941 g/mol. The van der Waals surface area contributed by atoms with Crippen LogP contribution in [0.4, 0.5) is 0 Å². The maximum absolute atomic E-state index is 12.9. The molecule has 0 aliphatic heterocycles. The number of methoxy groups -OCH3 is 2. The average Bonchev–Trinajstić information content (AvgIpc) is 3.40. The Balaban J connectivity index is 1.81. The number of rotatable bonds is 31. The van der Waals surface area contributed by atoms with Crippen LogP contribution in [0.2, 0.25) is 0 Å². The van der Waals surface area contributed by atoms with Gasteiger partial charge in [-0.05, 0) is 152 Å². The van der Waals surface area contributed by atoms with E-state index in [1.807, 2.05) is 6.92 Å². The standard InChI is InChI=1S/C61H82O13/c1-11-15-16-19-43-22-24-45(25-23-43)46-26-28-47(29-27-46)51-31-30-48(34-44(51)12-2)53-35-49(20-17-32-70-59(66)41(5)6)58(52(50(53)13-3)21-18-33-71-60(67)42(7)8)74-40-61(14-4,38-72-56(64)36-54(62)68-9)39-73-57(65)37-55(63)69-10/h26-31,34-35,43,45H,5,7,11-25,32-33,36-40H2,1-4,6,8-10H3. The molecule has 404 valence electrons. The second-order valence-corrected chi connectivity index (χ2v) is 19.8. The van der Waals surface area contributed by atoms with Crippen LogP contribution in [0.1, 0.15) is 159 Å². The van der Waals surface area contributed by atoms with Gasteiger partial charge in [0.2, 0.25) is 0 Å². The van der Waals surface area contributed by atoms with Crippen LogP contribution in [-0.4, -0.2) is 83.1 Å². The topological polar surface area (TPSA) is 167 Å². The summed E-state index contributed by atoms with van der Waals surface area (Å²) in [5, 5.41) is 0. The van der Waals surface area contributed by atoms with Gasteiger partial charge in [0.15, 0.2) is 0 Å². The largest absolute Gasteiger partial charge is 0.492 e. The summed E-state index contributed by atoms with van der Waals surface area (Å²) in [7, 11) is 2.33. The monoisotopic (exact) mass is 1020 g/mol. The number of carbonyl (C=O) groups is 6. The average molecular weight is 1020 g/mol. The second-order valence-electron chi connectivity index (χ2n) is 19.8. The Morgan fingerprint density at radius 3 is 1.66 bits per heavy atom. The third kappa shape index (κ3) is 18.3. The van der Waals surface area contributed by atoms with E-state index in [0.717, 1.165) is 54.4 Å². The van der Waals surface area contributed by atoms with Crippen molar-refractivity contribution in [3.05, 3.63) is 101 Å². The summed E-state index contributed by atoms with van der Waals surface area (Å²) < 4.78 is 38.6. The predicted octanol–water partition coefficient (Wildman–Crippen LogP) is 12.1. The summed E-state index contributed by atoms with van der Waals surface area (Å²) in [6, 6.07) is 18.0. The highest BCUT2D eigenvalue weighted by Gasteiger charge is 2.35. The van der Waals surface area contributed by atoms with Gasteiger partial charge in [-0.3, -0.25) is 19.2 Å². The van der Waals surface area contributed by atoms with Crippen molar-refractivity contribution in [2.75, 3.05) is 47.3 Å². The first-order valence-corrected chi connectivity index (χ1v) is 26.7. The van der Waals surface area contributed by atoms with Gasteiger partial charge in [0, 0.05) is 11.1 Å². The van der Waals surface area contributed by atoms with E-state index in [9.17, 15) is 28.8 Å². The van der Waals surface area contributed by atoms with Crippen LogP contribution in [0.5, 0.6) is 5.75 Å². The number of hydrogen-bond donors (Lipinski definition) is 0. The summed E-state index contributed by atoms with van der Waals surface area (Å²) in [5.74, 6) is -2.23. The normalized spacial score (nSPS) is 14.3. The molecule has 0 unspecified atom stereocenters. The van der Waals surface area contributed by atoms with Gasteiger partial charge in [-0.1, -0.05) is 109 Å². The molecule has 1 fully saturated rings. The minimum absolute atomic E-state index is 0.112. The van der Waals surface area contributed by atoms with E-state index in [1.54, 1.807) is 13.8 Å². The summed E-state index contributed by atoms with van der Waals surface area (Å²) in [6.07, 6.45) is 12.5. The summed E-state index contributed by atoms with van der Waals surface area (Å²) in [4.78, 5) is 74.7. The number of ether oxygens (including phenoxy) is 7. The molecule has 0 N–H and O–H groups in total. The molecule has 1 saturated carbocycles. The molecule has 0 bridgehead atoms. The molecule has 3 aromatic carbocycles. The quantitative estimate of drug-likeness (QED) is 0.0196. The Labute approximate surface area is 440 Å².